The number of ether oxygens (including phenoxy) is 1. The highest BCUT2D eigenvalue weighted by Gasteiger charge is 2.70. The maximum Gasteiger partial charge on any atom is 0.238 e. The van der Waals surface area contributed by atoms with Crippen LogP contribution in [0, 0.1) is 11.8 Å². The third kappa shape index (κ3) is 4.12. The van der Waals surface area contributed by atoms with Gasteiger partial charge in [-0.25, -0.2) is 0 Å². The molecule has 4 aromatic rings. The number of nitrogens with one attached hydrogen (secondary N) is 1. The number of hydrogen-bond acceptors (Lipinski definition) is 5. The fourth-order valence-electron chi connectivity index (χ4n) is 7.57. The van der Waals surface area contributed by atoms with E-state index in [2.05, 4.69) is 19.2 Å². The van der Waals surface area contributed by atoms with Gasteiger partial charge in [0, 0.05) is 23.0 Å². The molecule has 1 fully saturated rings. The molecule has 1 N–H and O–H groups in total. The predicted octanol–water partition coefficient (Wildman–Crippen LogP) is 6.88. The normalized spacial score (nSPS) is 22.9. The summed E-state index contributed by atoms with van der Waals surface area (Å²) in [5.41, 5.74) is 3.97. The first kappa shape index (κ1) is 27.8. The molecule has 44 heavy (non-hydrogen) atoms. The molecule has 0 aromatic heterocycles. The summed E-state index contributed by atoms with van der Waals surface area (Å²) in [5.74, 6) is -0.722. The number of anilines is 1. The number of para-hydroxylation sites is 1. The molecular weight excluding hydrogens is 548 g/mol. The van der Waals surface area contributed by atoms with Gasteiger partial charge in [-0.05, 0) is 58.9 Å². The Morgan fingerprint density at radius 2 is 1.64 bits per heavy atom. The molecule has 3 aliphatic rings. The summed E-state index contributed by atoms with van der Waals surface area (Å²) in [6.45, 7) is 4.32. The lowest BCUT2D eigenvalue weighted by molar-refractivity contribution is -0.122. The zero-order valence-corrected chi connectivity index (χ0v) is 25.0. The van der Waals surface area contributed by atoms with E-state index in [9.17, 15) is 9.59 Å². The zero-order chi connectivity index (χ0) is 30.6. The maximum absolute atomic E-state index is 15.0. The first-order chi connectivity index (χ1) is 21.3. The van der Waals surface area contributed by atoms with Crippen molar-refractivity contribution in [3.8, 4) is 5.75 Å². The molecule has 3 aliphatic heterocycles. The fraction of sp³-hybridized carbons (Fsp3) is 0.237. The van der Waals surface area contributed by atoms with Gasteiger partial charge < -0.3 is 15.0 Å². The minimum Gasteiger partial charge on any atom is -0.497 e. The van der Waals surface area contributed by atoms with Crippen LogP contribution in [0.25, 0.3) is 6.08 Å². The topological polar surface area (TPSA) is 75.7 Å². The minimum atomic E-state index is -1.36. The second-order valence-electron chi connectivity index (χ2n) is 12.3. The third-order valence-electron chi connectivity index (χ3n) is 9.36. The lowest BCUT2D eigenvalue weighted by atomic mass is 9.62. The Morgan fingerprint density at radius 3 is 2.41 bits per heavy atom. The summed E-state index contributed by atoms with van der Waals surface area (Å²) in [4.78, 5) is 46.3. The highest BCUT2D eigenvalue weighted by molar-refractivity contribution is 6.16. The number of hydrogen-bond donors (Lipinski definition) is 1. The Morgan fingerprint density at radius 1 is 0.886 bits per heavy atom. The Bertz CT molecular complexity index is 1820. The number of Topliss-reactive ketones (excluding diaryl/α,β-unsaturated/α-hetero) is 2. The minimum absolute atomic E-state index is 0.227. The van der Waals surface area contributed by atoms with Gasteiger partial charge in [0.1, 0.15) is 17.2 Å². The van der Waals surface area contributed by atoms with Crippen molar-refractivity contribution in [1.29, 1.82) is 0 Å². The van der Waals surface area contributed by atoms with Crippen LogP contribution in [0.5, 0.6) is 5.75 Å². The van der Waals surface area contributed by atoms with E-state index in [1.165, 1.54) is 0 Å². The Hall–Kier alpha value is -4.97. The fourth-order valence-corrected chi connectivity index (χ4v) is 7.57. The number of carbonyl (C=O) groups excluding carboxylic acids is 3. The van der Waals surface area contributed by atoms with E-state index < -0.39 is 23.4 Å². The molecule has 1 spiro atoms. The van der Waals surface area contributed by atoms with Crippen LogP contribution in [-0.2, 0) is 16.6 Å². The molecule has 6 nitrogen and oxygen atoms in total. The molecule has 1 saturated heterocycles. The number of methoxy groups -OCH3 is 1. The van der Waals surface area contributed by atoms with E-state index in [0.717, 1.165) is 28.7 Å². The first-order valence-corrected chi connectivity index (χ1v) is 15.1. The Kier molecular flexibility index (Phi) is 6.73. The first-order valence-electron chi connectivity index (χ1n) is 15.1. The number of carbonyl (C=O) groups is 3. The van der Waals surface area contributed by atoms with Gasteiger partial charge in [-0.1, -0.05) is 92.7 Å². The standard InChI is InChI=1S/C38H34N2O4/c1-23(2)21-24-15-17-26(18-16-24)34(41)32-33(35(42)27-10-8-11-28(22-27)44-3)40-20-19-25-9-4-5-12-29(25)36(40)38(32)30-13-6-7-14-31(30)39-37(38)43/h4-20,22-23,32-33,36H,21H2,1-3H3,(H,39,43)/t32-,33-,36+,38+/m0/s1. The number of amides is 1. The summed E-state index contributed by atoms with van der Waals surface area (Å²) in [6.07, 6.45) is 4.76. The van der Waals surface area contributed by atoms with E-state index in [-0.39, 0.29) is 17.5 Å². The molecule has 0 radical (unpaired) electrons. The van der Waals surface area contributed by atoms with Crippen LogP contribution in [0.4, 0.5) is 5.69 Å². The largest absolute Gasteiger partial charge is 0.497 e. The van der Waals surface area contributed by atoms with E-state index in [4.69, 9.17) is 4.74 Å². The average Bonchev–Trinajstić information content (AvgIpc) is 3.52. The molecule has 220 valence electrons. The van der Waals surface area contributed by atoms with Crippen molar-refractivity contribution in [1.82, 2.24) is 4.90 Å². The predicted molar refractivity (Wildman–Crippen MR) is 171 cm³/mol. The van der Waals surface area contributed by atoms with Crippen LogP contribution in [-0.4, -0.2) is 35.5 Å². The molecule has 0 saturated carbocycles. The zero-order valence-electron chi connectivity index (χ0n) is 25.0. The van der Waals surface area contributed by atoms with Gasteiger partial charge in [-0.2, -0.15) is 0 Å². The lowest BCUT2D eigenvalue weighted by Gasteiger charge is -2.38. The van der Waals surface area contributed by atoms with Crippen LogP contribution in [0.1, 0.15) is 62.9 Å². The number of fused-ring (bicyclic) bond motifs is 6. The Labute approximate surface area is 257 Å². The summed E-state index contributed by atoms with van der Waals surface area (Å²) >= 11 is 0. The van der Waals surface area contributed by atoms with Gasteiger partial charge in [0.05, 0.1) is 19.1 Å². The van der Waals surface area contributed by atoms with Crippen LogP contribution in [0.3, 0.4) is 0 Å². The van der Waals surface area contributed by atoms with Crippen molar-refractivity contribution in [2.45, 2.75) is 37.8 Å². The molecule has 7 rings (SSSR count). The van der Waals surface area contributed by atoms with Crippen molar-refractivity contribution >= 4 is 29.2 Å². The van der Waals surface area contributed by atoms with E-state index in [1.54, 1.807) is 31.4 Å². The molecule has 0 bridgehead atoms. The van der Waals surface area contributed by atoms with Crippen molar-refractivity contribution in [3.63, 3.8) is 0 Å². The Balaban J connectivity index is 1.48. The summed E-state index contributed by atoms with van der Waals surface area (Å²) in [6, 6.07) is 28.7. The van der Waals surface area contributed by atoms with Crippen molar-refractivity contribution in [2.24, 2.45) is 11.8 Å². The lowest BCUT2D eigenvalue weighted by Crippen LogP contribution is -2.49. The monoisotopic (exact) mass is 582 g/mol. The summed E-state index contributed by atoms with van der Waals surface area (Å²) in [7, 11) is 1.56. The third-order valence-corrected chi connectivity index (χ3v) is 9.36. The van der Waals surface area contributed by atoms with E-state index >= 15 is 4.79 Å². The molecule has 6 heteroatoms. The molecule has 4 atom stereocenters. The number of rotatable bonds is 7. The van der Waals surface area contributed by atoms with Crippen molar-refractivity contribution in [2.75, 3.05) is 12.4 Å². The van der Waals surface area contributed by atoms with Crippen LogP contribution in [0.15, 0.2) is 103 Å². The summed E-state index contributed by atoms with van der Waals surface area (Å²) < 4.78 is 5.45. The second-order valence-corrected chi connectivity index (χ2v) is 12.3. The van der Waals surface area contributed by atoms with Crippen LogP contribution < -0.4 is 10.1 Å². The van der Waals surface area contributed by atoms with Crippen LogP contribution >= 0.6 is 0 Å². The number of benzene rings is 4. The van der Waals surface area contributed by atoms with Gasteiger partial charge in [-0.3, -0.25) is 14.4 Å². The molecule has 4 aromatic carbocycles. The van der Waals surface area contributed by atoms with Gasteiger partial charge >= 0.3 is 0 Å². The smallest absolute Gasteiger partial charge is 0.238 e. The summed E-state index contributed by atoms with van der Waals surface area (Å²) in [5, 5.41) is 3.11. The number of nitrogens with zero attached hydrogens (tertiary/aromatic N) is 1. The molecule has 0 unspecified atom stereocenters. The van der Waals surface area contributed by atoms with Gasteiger partial charge in [0.15, 0.2) is 11.6 Å². The molecule has 3 heterocycles. The number of ketones is 2. The SMILES string of the molecule is COc1cccc(C(=O)[C@@H]2[C@@H](C(=O)c3ccc(CC(C)C)cc3)[C@@]3(C(=O)Nc4ccccc43)[C@H]3c4ccccc4C=CN23)c1. The quantitative estimate of drug-likeness (QED) is 0.241. The van der Waals surface area contributed by atoms with Gasteiger partial charge in [0.2, 0.25) is 5.91 Å². The maximum atomic E-state index is 15.0. The molecule has 0 aliphatic carbocycles. The highest BCUT2D eigenvalue weighted by atomic mass is 16.5. The second kappa shape index (κ2) is 10.6. The van der Waals surface area contributed by atoms with Gasteiger partial charge in [0.25, 0.3) is 0 Å². The van der Waals surface area contributed by atoms with Gasteiger partial charge in [-0.15, -0.1) is 0 Å². The van der Waals surface area contributed by atoms with E-state index in [1.807, 2.05) is 90.0 Å². The van der Waals surface area contributed by atoms with E-state index in [0.29, 0.717) is 28.5 Å². The van der Waals surface area contributed by atoms with Crippen molar-refractivity contribution in [3.05, 3.63) is 137 Å². The van der Waals surface area contributed by atoms with Crippen LogP contribution in [0.2, 0.25) is 0 Å². The average molecular weight is 583 g/mol. The molecule has 1 amide bonds. The molecular formula is C38H34N2O4. The highest BCUT2D eigenvalue weighted by Crippen LogP contribution is 2.62. The van der Waals surface area contributed by atoms with Crippen molar-refractivity contribution < 1.29 is 19.1 Å².